The van der Waals surface area contributed by atoms with Gasteiger partial charge < -0.3 is 9.73 Å². The summed E-state index contributed by atoms with van der Waals surface area (Å²) in [5.74, 6) is 0.379. The average molecular weight is 404 g/mol. The Labute approximate surface area is 164 Å². The van der Waals surface area contributed by atoms with Gasteiger partial charge in [0.15, 0.2) is 5.78 Å². The summed E-state index contributed by atoms with van der Waals surface area (Å²) in [5.41, 5.74) is 0.367. The molecule has 8 heteroatoms. The second-order valence-electron chi connectivity index (χ2n) is 6.88. The molecule has 2 aromatic rings. The van der Waals surface area contributed by atoms with Crippen LogP contribution in [0.2, 0.25) is 0 Å². The Hall–Kier alpha value is -2.45. The van der Waals surface area contributed by atoms with E-state index in [1.54, 1.807) is 24.5 Å². The van der Waals surface area contributed by atoms with Crippen molar-refractivity contribution in [1.82, 2.24) is 9.62 Å². The van der Waals surface area contributed by atoms with E-state index in [2.05, 4.69) is 5.32 Å². The quantitative estimate of drug-likeness (QED) is 0.714. The van der Waals surface area contributed by atoms with Crippen molar-refractivity contribution in [1.29, 1.82) is 0 Å². The predicted molar refractivity (Wildman–Crippen MR) is 103 cm³/mol. The minimum absolute atomic E-state index is 0.0535. The van der Waals surface area contributed by atoms with Gasteiger partial charge in [-0.1, -0.05) is 12.1 Å². The van der Waals surface area contributed by atoms with Crippen LogP contribution in [-0.2, 0) is 21.2 Å². The van der Waals surface area contributed by atoms with Crippen LogP contribution in [0.1, 0.15) is 35.9 Å². The van der Waals surface area contributed by atoms with Crippen molar-refractivity contribution in [3.63, 3.8) is 0 Å². The van der Waals surface area contributed by atoms with Gasteiger partial charge in [-0.15, -0.1) is 0 Å². The highest BCUT2D eigenvalue weighted by Crippen LogP contribution is 2.24. The number of amides is 1. The van der Waals surface area contributed by atoms with E-state index in [4.69, 9.17) is 4.42 Å². The summed E-state index contributed by atoms with van der Waals surface area (Å²) >= 11 is 0. The number of piperidine rings is 1. The monoisotopic (exact) mass is 404 g/mol. The molecule has 1 N–H and O–H groups in total. The van der Waals surface area contributed by atoms with E-state index < -0.39 is 10.0 Å². The molecule has 0 radical (unpaired) electrons. The van der Waals surface area contributed by atoms with Gasteiger partial charge in [0.1, 0.15) is 5.76 Å². The third-order valence-electron chi connectivity index (χ3n) is 4.95. The third kappa shape index (κ3) is 4.69. The molecule has 1 saturated heterocycles. The van der Waals surface area contributed by atoms with Crippen molar-refractivity contribution in [2.75, 3.05) is 19.6 Å². The first-order valence-corrected chi connectivity index (χ1v) is 10.7. The average Bonchev–Trinajstić information content (AvgIpc) is 3.21. The van der Waals surface area contributed by atoms with Crippen LogP contribution in [0.5, 0.6) is 0 Å². The number of ketones is 1. The van der Waals surface area contributed by atoms with Gasteiger partial charge in [0.2, 0.25) is 15.9 Å². The largest absolute Gasteiger partial charge is 0.469 e. The topological polar surface area (TPSA) is 96.7 Å². The zero-order valence-corrected chi connectivity index (χ0v) is 16.6. The lowest BCUT2D eigenvalue weighted by atomic mass is 9.97. The minimum atomic E-state index is -3.68. The minimum Gasteiger partial charge on any atom is -0.469 e. The van der Waals surface area contributed by atoms with Gasteiger partial charge in [-0.3, -0.25) is 9.59 Å². The van der Waals surface area contributed by atoms with Crippen molar-refractivity contribution in [2.45, 2.75) is 31.1 Å². The highest BCUT2D eigenvalue weighted by Gasteiger charge is 2.32. The second kappa shape index (κ2) is 8.70. The molecule has 1 aromatic carbocycles. The number of nitrogens with zero attached hydrogens (tertiary/aromatic N) is 1. The van der Waals surface area contributed by atoms with Gasteiger partial charge in [-0.05, 0) is 44.0 Å². The SMILES string of the molecule is CC(=O)c1cccc(S(=O)(=O)N2CCC(C(=O)NCCc3ccco3)CC2)c1. The number of sulfonamides is 1. The molecule has 0 spiro atoms. The van der Waals surface area contributed by atoms with Crippen LogP contribution in [0, 0.1) is 5.92 Å². The Morgan fingerprint density at radius 3 is 2.57 bits per heavy atom. The number of hydrogen-bond acceptors (Lipinski definition) is 5. The summed E-state index contributed by atoms with van der Waals surface area (Å²) in [5, 5.41) is 2.89. The molecule has 7 nitrogen and oxygen atoms in total. The molecule has 0 saturated carbocycles. The molecular weight excluding hydrogens is 380 g/mol. The number of furan rings is 1. The lowest BCUT2D eigenvalue weighted by Crippen LogP contribution is -2.43. The van der Waals surface area contributed by atoms with E-state index in [9.17, 15) is 18.0 Å². The second-order valence-corrected chi connectivity index (χ2v) is 8.82. The fourth-order valence-electron chi connectivity index (χ4n) is 3.29. The van der Waals surface area contributed by atoms with Crippen molar-refractivity contribution < 1.29 is 22.4 Å². The lowest BCUT2D eigenvalue weighted by Gasteiger charge is -2.30. The zero-order chi connectivity index (χ0) is 20.1. The van der Waals surface area contributed by atoms with E-state index in [1.807, 2.05) is 6.07 Å². The van der Waals surface area contributed by atoms with E-state index in [0.29, 0.717) is 31.4 Å². The van der Waals surface area contributed by atoms with Gasteiger partial charge >= 0.3 is 0 Å². The summed E-state index contributed by atoms with van der Waals surface area (Å²) in [6.07, 6.45) is 3.16. The molecule has 1 amide bonds. The Morgan fingerprint density at radius 2 is 1.93 bits per heavy atom. The normalized spacial score (nSPS) is 16.0. The maximum atomic E-state index is 12.8. The summed E-state index contributed by atoms with van der Waals surface area (Å²) in [4.78, 5) is 24.0. The number of rotatable bonds is 7. The zero-order valence-electron chi connectivity index (χ0n) is 15.8. The highest BCUT2D eigenvalue weighted by molar-refractivity contribution is 7.89. The third-order valence-corrected chi connectivity index (χ3v) is 6.85. The van der Waals surface area contributed by atoms with E-state index in [-0.39, 0.29) is 35.6 Å². The molecule has 0 atom stereocenters. The number of hydrogen-bond donors (Lipinski definition) is 1. The molecule has 1 aromatic heterocycles. The number of carbonyl (C=O) groups excluding carboxylic acids is 2. The molecule has 150 valence electrons. The smallest absolute Gasteiger partial charge is 0.243 e. The van der Waals surface area contributed by atoms with Crippen molar-refractivity contribution in [3.8, 4) is 0 Å². The molecule has 1 fully saturated rings. The highest BCUT2D eigenvalue weighted by atomic mass is 32.2. The summed E-state index contributed by atoms with van der Waals surface area (Å²) in [7, 11) is -3.68. The Morgan fingerprint density at radius 1 is 1.18 bits per heavy atom. The fraction of sp³-hybridized carbons (Fsp3) is 0.400. The van der Waals surface area contributed by atoms with Gasteiger partial charge in [-0.2, -0.15) is 4.31 Å². The maximum Gasteiger partial charge on any atom is 0.243 e. The van der Waals surface area contributed by atoms with Crippen molar-refractivity contribution >= 4 is 21.7 Å². The summed E-state index contributed by atoms with van der Waals surface area (Å²) < 4.78 is 32.3. The van der Waals surface area contributed by atoms with Crippen molar-refractivity contribution in [3.05, 3.63) is 54.0 Å². The Bertz CT molecular complexity index is 929. The fourth-order valence-corrected chi connectivity index (χ4v) is 4.81. The lowest BCUT2D eigenvalue weighted by molar-refractivity contribution is -0.126. The van der Waals surface area contributed by atoms with Gasteiger partial charge in [0.25, 0.3) is 0 Å². The molecule has 1 aliphatic rings. The van der Waals surface area contributed by atoms with Gasteiger partial charge in [-0.25, -0.2) is 8.42 Å². The molecule has 0 unspecified atom stereocenters. The maximum absolute atomic E-state index is 12.8. The molecule has 28 heavy (non-hydrogen) atoms. The number of benzene rings is 1. The molecule has 2 heterocycles. The Kier molecular flexibility index (Phi) is 6.31. The molecular formula is C20H24N2O5S. The van der Waals surface area contributed by atoms with Crippen LogP contribution in [0.4, 0.5) is 0 Å². The molecule has 0 aliphatic carbocycles. The first-order valence-electron chi connectivity index (χ1n) is 9.29. The van der Waals surface area contributed by atoms with Crippen LogP contribution >= 0.6 is 0 Å². The van der Waals surface area contributed by atoms with Crippen LogP contribution < -0.4 is 5.32 Å². The Balaban J connectivity index is 1.54. The molecule has 0 bridgehead atoms. The van der Waals surface area contributed by atoms with Gasteiger partial charge in [0, 0.05) is 37.5 Å². The summed E-state index contributed by atoms with van der Waals surface area (Å²) in [6.45, 7) is 2.45. The van der Waals surface area contributed by atoms with Crippen LogP contribution in [0.25, 0.3) is 0 Å². The number of Topliss-reactive ketones (excluding diaryl/α,β-unsaturated/α-hetero) is 1. The molecule has 1 aliphatic heterocycles. The van der Waals surface area contributed by atoms with E-state index in [0.717, 1.165) is 5.76 Å². The van der Waals surface area contributed by atoms with Gasteiger partial charge in [0.05, 0.1) is 11.2 Å². The molecule has 3 rings (SSSR count). The van der Waals surface area contributed by atoms with E-state index >= 15 is 0 Å². The predicted octanol–water partition coefficient (Wildman–Crippen LogP) is 2.24. The first-order chi connectivity index (χ1) is 13.4. The number of nitrogens with one attached hydrogen (secondary N) is 1. The van der Waals surface area contributed by atoms with E-state index in [1.165, 1.54) is 23.4 Å². The number of carbonyl (C=O) groups is 2. The summed E-state index contributed by atoms with van der Waals surface area (Å²) in [6, 6.07) is 9.74. The van der Waals surface area contributed by atoms with Crippen LogP contribution in [-0.4, -0.2) is 44.0 Å². The van der Waals surface area contributed by atoms with Crippen molar-refractivity contribution in [2.24, 2.45) is 5.92 Å². The first kappa shape index (κ1) is 20.3. The van der Waals surface area contributed by atoms with Crippen LogP contribution in [0.15, 0.2) is 52.0 Å². The van der Waals surface area contributed by atoms with Crippen LogP contribution in [0.3, 0.4) is 0 Å². The standard InChI is InChI=1S/C20H24N2O5S/c1-15(23)17-4-2-6-19(14-17)28(25,26)22-11-8-16(9-12-22)20(24)21-10-7-18-5-3-13-27-18/h2-6,13-14,16H,7-12H2,1H3,(H,21,24).